The summed E-state index contributed by atoms with van der Waals surface area (Å²) in [4.78, 5) is 0. The summed E-state index contributed by atoms with van der Waals surface area (Å²) in [5, 5.41) is 10.4. The van der Waals surface area contributed by atoms with Gasteiger partial charge in [0.2, 0.25) is 0 Å². The number of aliphatic hydroxyl groups is 1. The van der Waals surface area contributed by atoms with E-state index in [1.165, 1.54) is 28.1 Å². The summed E-state index contributed by atoms with van der Waals surface area (Å²) >= 11 is 3.32. The lowest BCUT2D eigenvalue weighted by atomic mass is 9.98. The van der Waals surface area contributed by atoms with Crippen LogP contribution in [0.25, 0.3) is 0 Å². The quantitative estimate of drug-likeness (QED) is 0.865. The lowest BCUT2D eigenvalue weighted by molar-refractivity contribution is 0.138. The SMILES string of the molecule is COc1cc(Br)c(C(O)C(C)(C)S(C)(=O)=O)cc1OC. The van der Waals surface area contributed by atoms with Crippen molar-refractivity contribution in [2.24, 2.45) is 0 Å². The number of hydrogen-bond donors (Lipinski definition) is 1. The van der Waals surface area contributed by atoms with Crippen molar-refractivity contribution in [2.45, 2.75) is 24.7 Å². The summed E-state index contributed by atoms with van der Waals surface area (Å²) in [6.07, 6.45) is -0.100. The smallest absolute Gasteiger partial charge is 0.161 e. The molecule has 1 atom stereocenters. The van der Waals surface area contributed by atoms with Crippen molar-refractivity contribution in [2.75, 3.05) is 20.5 Å². The van der Waals surface area contributed by atoms with Crippen LogP contribution in [0.1, 0.15) is 25.5 Å². The molecule has 1 N–H and O–H groups in total. The summed E-state index contributed by atoms with van der Waals surface area (Å²) in [6, 6.07) is 3.20. The molecule has 1 aromatic carbocycles. The summed E-state index contributed by atoms with van der Waals surface area (Å²) in [7, 11) is -0.468. The molecule has 0 aromatic heterocycles. The Bertz CT molecular complexity index is 595. The Balaban J connectivity index is 3.41. The summed E-state index contributed by atoms with van der Waals surface area (Å²) in [6.45, 7) is 2.96. The van der Waals surface area contributed by atoms with Gasteiger partial charge in [0.25, 0.3) is 0 Å². The van der Waals surface area contributed by atoms with Gasteiger partial charge in [-0.15, -0.1) is 0 Å². The first-order valence-electron chi connectivity index (χ1n) is 5.85. The van der Waals surface area contributed by atoms with Crippen LogP contribution >= 0.6 is 15.9 Å². The molecular weight excluding hydrogens is 348 g/mol. The number of hydrogen-bond acceptors (Lipinski definition) is 5. The van der Waals surface area contributed by atoms with E-state index in [-0.39, 0.29) is 0 Å². The Morgan fingerprint density at radius 2 is 1.65 bits per heavy atom. The van der Waals surface area contributed by atoms with Crippen molar-refractivity contribution in [3.63, 3.8) is 0 Å². The van der Waals surface area contributed by atoms with Crippen LogP contribution in [-0.4, -0.2) is 38.7 Å². The second-order valence-corrected chi connectivity index (χ2v) is 8.46. The topological polar surface area (TPSA) is 72.8 Å². The Morgan fingerprint density at radius 3 is 2.05 bits per heavy atom. The largest absolute Gasteiger partial charge is 0.493 e. The van der Waals surface area contributed by atoms with Crippen molar-refractivity contribution < 1.29 is 23.0 Å². The minimum Gasteiger partial charge on any atom is -0.493 e. The fourth-order valence-corrected chi connectivity index (χ4v) is 2.73. The van der Waals surface area contributed by atoms with Gasteiger partial charge in [0.1, 0.15) is 0 Å². The molecular formula is C13H19BrO5S. The average Bonchev–Trinajstić information content (AvgIpc) is 2.36. The molecule has 0 fully saturated rings. The number of rotatable bonds is 5. The molecule has 1 unspecified atom stereocenters. The molecule has 1 aromatic rings. The van der Waals surface area contributed by atoms with Crippen molar-refractivity contribution in [3.05, 3.63) is 22.2 Å². The highest BCUT2D eigenvalue weighted by atomic mass is 79.9. The van der Waals surface area contributed by atoms with Gasteiger partial charge in [-0.25, -0.2) is 8.42 Å². The van der Waals surface area contributed by atoms with E-state index in [1.807, 2.05) is 0 Å². The van der Waals surface area contributed by atoms with Crippen LogP contribution in [0.5, 0.6) is 11.5 Å². The fraction of sp³-hybridized carbons (Fsp3) is 0.538. The van der Waals surface area contributed by atoms with Crippen LogP contribution in [0.15, 0.2) is 16.6 Å². The van der Waals surface area contributed by atoms with Crippen LogP contribution in [0.2, 0.25) is 0 Å². The molecule has 0 radical (unpaired) electrons. The van der Waals surface area contributed by atoms with Crippen LogP contribution in [-0.2, 0) is 9.84 Å². The van der Waals surface area contributed by atoms with E-state index in [0.717, 1.165) is 6.26 Å². The minimum atomic E-state index is -3.44. The molecule has 7 heteroatoms. The maximum atomic E-state index is 11.8. The Kier molecular flexibility index (Phi) is 5.10. The van der Waals surface area contributed by atoms with E-state index in [1.54, 1.807) is 12.1 Å². The van der Waals surface area contributed by atoms with Gasteiger partial charge >= 0.3 is 0 Å². The monoisotopic (exact) mass is 366 g/mol. The normalized spacial score (nSPS) is 13.9. The fourth-order valence-electron chi connectivity index (χ4n) is 1.66. The Labute approximate surface area is 128 Å². The molecule has 0 spiro atoms. The van der Waals surface area contributed by atoms with E-state index in [0.29, 0.717) is 21.5 Å². The van der Waals surface area contributed by atoms with Gasteiger partial charge in [0, 0.05) is 16.3 Å². The molecule has 0 bridgehead atoms. The predicted octanol–water partition coefficient (Wildman–Crippen LogP) is 2.32. The zero-order valence-corrected chi connectivity index (χ0v) is 14.5. The number of methoxy groups -OCH3 is 2. The molecule has 0 aliphatic rings. The van der Waals surface area contributed by atoms with Gasteiger partial charge in [0.05, 0.1) is 25.1 Å². The lowest BCUT2D eigenvalue weighted by Crippen LogP contribution is -2.38. The Hall–Kier alpha value is -0.790. The van der Waals surface area contributed by atoms with Gasteiger partial charge in [0.15, 0.2) is 21.3 Å². The van der Waals surface area contributed by atoms with Crippen LogP contribution in [0.4, 0.5) is 0 Å². The minimum absolute atomic E-state index is 0.425. The van der Waals surface area contributed by atoms with E-state index >= 15 is 0 Å². The first-order chi connectivity index (χ1) is 9.06. The maximum Gasteiger partial charge on any atom is 0.161 e. The molecule has 1 rings (SSSR count). The second kappa shape index (κ2) is 5.91. The molecule has 0 heterocycles. The number of ether oxygens (including phenoxy) is 2. The molecule has 0 saturated heterocycles. The van der Waals surface area contributed by atoms with Gasteiger partial charge < -0.3 is 14.6 Å². The van der Waals surface area contributed by atoms with Crippen molar-refractivity contribution >= 4 is 25.8 Å². The average molecular weight is 367 g/mol. The first kappa shape index (κ1) is 17.3. The zero-order chi connectivity index (χ0) is 15.7. The third kappa shape index (κ3) is 3.10. The predicted molar refractivity (Wildman–Crippen MR) is 81.1 cm³/mol. The summed E-state index contributed by atoms with van der Waals surface area (Å²) < 4.78 is 33.2. The number of sulfone groups is 1. The van der Waals surface area contributed by atoms with E-state index in [4.69, 9.17) is 9.47 Å². The Morgan fingerprint density at radius 1 is 1.20 bits per heavy atom. The third-order valence-corrected chi connectivity index (χ3v) is 6.23. The summed E-state index contributed by atoms with van der Waals surface area (Å²) in [5.74, 6) is 0.918. The first-order valence-corrected chi connectivity index (χ1v) is 8.53. The van der Waals surface area contributed by atoms with Crippen LogP contribution in [0, 0.1) is 0 Å². The van der Waals surface area contributed by atoms with Crippen molar-refractivity contribution in [1.82, 2.24) is 0 Å². The molecule has 0 amide bonds. The van der Waals surface area contributed by atoms with Crippen LogP contribution in [0.3, 0.4) is 0 Å². The number of aliphatic hydroxyl groups excluding tert-OH is 1. The lowest BCUT2D eigenvalue weighted by Gasteiger charge is -2.30. The van der Waals surface area contributed by atoms with E-state index in [9.17, 15) is 13.5 Å². The molecule has 0 aliphatic heterocycles. The summed E-state index contributed by atoms with van der Waals surface area (Å²) in [5.41, 5.74) is 0.429. The zero-order valence-electron chi connectivity index (χ0n) is 12.1. The van der Waals surface area contributed by atoms with Gasteiger partial charge in [-0.2, -0.15) is 0 Å². The maximum absolute atomic E-state index is 11.8. The number of benzene rings is 1. The van der Waals surface area contributed by atoms with Gasteiger partial charge in [-0.05, 0) is 26.0 Å². The van der Waals surface area contributed by atoms with E-state index < -0.39 is 20.7 Å². The molecule has 0 saturated carbocycles. The third-order valence-electron chi connectivity index (χ3n) is 3.41. The molecule has 20 heavy (non-hydrogen) atoms. The van der Waals surface area contributed by atoms with Gasteiger partial charge in [-0.3, -0.25) is 0 Å². The molecule has 5 nitrogen and oxygen atoms in total. The standard InChI is InChI=1S/C13H19BrO5S/c1-13(2,20(5,16)17)12(15)8-6-10(18-3)11(19-4)7-9(8)14/h6-7,12,15H,1-5H3. The second-order valence-electron chi connectivity index (χ2n) is 5.01. The van der Waals surface area contributed by atoms with Crippen molar-refractivity contribution in [3.8, 4) is 11.5 Å². The van der Waals surface area contributed by atoms with Crippen molar-refractivity contribution in [1.29, 1.82) is 0 Å². The number of halogens is 1. The van der Waals surface area contributed by atoms with E-state index in [2.05, 4.69) is 15.9 Å². The molecule has 114 valence electrons. The highest BCUT2D eigenvalue weighted by molar-refractivity contribution is 9.10. The van der Waals surface area contributed by atoms with Crippen LogP contribution < -0.4 is 9.47 Å². The highest BCUT2D eigenvalue weighted by Gasteiger charge is 2.40. The highest BCUT2D eigenvalue weighted by Crippen LogP contribution is 2.41. The van der Waals surface area contributed by atoms with Gasteiger partial charge in [-0.1, -0.05) is 15.9 Å². The molecule has 0 aliphatic carbocycles.